The molecule has 0 unspecified atom stereocenters. The number of hydrogen-bond acceptors (Lipinski definition) is 6. The molecular weight excluding hydrogens is 458 g/mol. The molecule has 1 aromatic carbocycles. The van der Waals surface area contributed by atoms with Crippen molar-refractivity contribution in [3.63, 3.8) is 0 Å². The van der Waals surface area contributed by atoms with E-state index >= 15 is 0 Å². The number of hydrogen-bond donors (Lipinski definition) is 2. The molecule has 9 heteroatoms. The van der Waals surface area contributed by atoms with Gasteiger partial charge in [-0.05, 0) is 43.5 Å². The number of carbonyl (C=O) groups excluding carboxylic acids is 2. The van der Waals surface area contributed by atoms with Gasteiger partial charge >= 0.3 is 6.03 Å². The number of anilines is 1. The van der Waals surface area contributed by atoms with Gasteiger partial charge in [0.1, 0.15) is 12.4 Å². The van der Waals surface area contributed by atoms with Crippen molar-refractivity contribution in [2.75, 3.05) is 45.7 Å². The van der Waals surface area contributed by atoms with E-state index in [1.807, 2.05) is 25.1 Å². The molecule has 3 rings (SSSR count). The van der Waals surface area contributed by atoms with Gasteiger partial charge in [0, 0.05) is 64.3 Å². The summed E-state index contributed by atoms with van der Waals surface area (Å²) >= 11 is 0. The maximum atomic E-state index is 13.4. The first-order valence-corrected chi connectivity index (χ1v) is 12.6. The van der Waals surface area contributed by atoms with Gasteiger partial charge in [0.15, 0.2) is 0 Å². The van der Waals surface area contributed by atoms with Crippen LogP contribution in [0.3, 0.4) is 0 Å². The Balaban J connectivity index is 1.90. The molecule has 1 aromatic heterocycles. The third kappa shape index (κ3) is 7.41. The second-order valence-electron chi connectivity index (χ2n) is 9.44. The van der Waals surface area contributed by atoms with Gasteiger partial charge in [-0.25, -0.2) is 4.79 Å². The smallest absolute Gasteiger partial charge is 0.319 e. The van der Waals surface area contributed by atoms with Crippen LogP contribution >= 0.6 is 0 Å². The van der Waals surface area contributed by atoms with Crippen LogP contribution in [0.1, 0.15) is 43.2 Å². The van der Waals surface area contributed by atoms with Crippen LogP contribution in [0, 0.1) is 5.92 Å². The number of pyridine rings is 1. The molecule has 2 aromatic rings. The first kappa shape index (κ1) is 27.4. The average Bonchev–Trinajstić information content (AvgIpc) is 2.88. The highest BCUT2D eigenvalue weighted by Crippen LogP contribution is 2.27. The number of ether oxygens (including phenoxy) is 2. The maximum Gasteiger partial charge on any atom is 0.319 e. The van der Waals surface area contributed by atoms with Crippen molar-refractivity contribution in [3.05, 3.63) is 53.9 Å². The second-order valence-corrected chi connectivity index (χ2v) is 9.44. The fourth-order valence-electron chi connectivity index (χ4n) is 4.26. The predicted molar refractivity (Wildman–Crippen MR) is 140 cm³/mol. The van der Waals surface area contributed by atoms with E-state index in [1.165, 1.54) is 0 Å². The predicted octanol–water partition coefficient (Wildman–Crippen LogP) is 3.62. The number of benzene rings is 1. The van der Waals surface area contributed by atoms with Gasteiger partial charge in [0.05, 0.1) is 17.4 Å². The van der Waals surface area contributed by atoms with Crippen molar-refractivity contribution in [3.8, 4) is 5.75 Å². The van der Waals surface area contributed by atoms with Crippen molar-refractivity contribution in [2.45, 2.75) is 45.9 Å². The highest BCUT2D eigenvalue weighted by Gasteiger charge is 2.28. The fraction of sp³-hybridized carbons (Fsp3) is 0.519. The van der Waals surface area contributed by atoms with Crippen molar-refractivity contribution >= 4 is 17.6 Å². The lowest BCUT2D eigenvalue weighted by Crippen LogP contribution is -2.46. The summed E-state index contributed by atoms with van der Waals surface area (Å²) in [4.78, 5) is 34.0. The minimum atomic E-state index is -0.291. The van der Waals surface area contributed by atoms with Gasteiger partial charge in [-0.15, -0.1) is 0 Å². The quantitative estimate of drug-likeness (QED) is 0.633. The molecule has 1 aliphatic heterocycles. The average molecular weight is 498 g/mol. The van der Waals surface area contributed by atoms with Gasteiger partial charge in [0.25, 0.3) is 5.91 Å². The van der Waals surface area contributed by atoms with E-state index in [-0.39, 0.29) is 30.0 Å². The minimum Gasteiger partial charge on any atom is -0.491 e. The Hall–Kier alpha value is -3.17. The van der Waals surface area contributed by atoms with Crippen LogP contribution in [0.15, 0.2) is 42.6 Å². The summed E-state index contributed by atoms with van der Waals surface area (Å²) in [6.07, 6.45) is 2.51. The number of carbonyl (C=O) groups is 2. The highest BCUT2D eigenvalue weighted by molar-refractivity contribution is 5.98. The summed E-state index contributed by atoms with van der Waals surface area (Å²) in [7, 11) is 3.46. The van der Waals surface area contributed by atoms with Crippen LogP contribution in [-0.4, -0.2) is 79.3 Å². The zero-order chi connectivity index (χ0) is 26.1. The number of amides is 3. The summed E-state index contributed by atoms with van der Waals surface area (Å²) < 4.78 is 12.1. The van der Waals surface area contributed by atoms with Crippen LogP contribution in [0.5, 0.6) is 5.75 Å². The van der Waals surface area contributed by atoms with E-state index in [4.69, 9.17) is 9.47 Å². The summed E-state index contributed by atoms with van der Waals surface area (Å²) in [6, 6.07) is 10.8. The van der Waals surface area contributed by atoms with Gasteiger partial charge in [-0.2, -0.15) is 0 Å². The molecule has 0 spiro atoms. The van der Waals surface area contributed by atoms with Crippen molar-refractivity contribution in [1.29, 1.82) is 0 Å². The Morgan fingerprint density at radius 3 is 2.72 bits per heavy atom. The SMILES string of the molecule is CCCNC(=O)Nc1ccc2c(c1)OC[C@H](C)N(Cc1ccccn1)C[C@H](C)[C@H](OC)CN(C)C2=O. The first-order valence-electron chi connectivity index (χ1n) is 12.6. The molecule has 0 saturated heterocycles. The molecule has 36 heavy (non-hydrogen) atoms. The van der Waals surface area contributed by atoms with Crippen LogP contribution in [0.25, 0.3) is 0 Å². The van der Waals surface area contributed by atoms with Gasteiger partial charge in [0.2, 0.25) is 0 Å². The number of rotatable bonds is 6. The Bertz CT molecular complexity index is 1000. The number of likely N-dealkylation sites (N-methyl/N-ethyl adjacent to an activating group) is 1. The molecule has 0 fully saturated rings. The molecule has 0 radical (unpaired) electrons. The van der Waals surface area contributed by atoms with Gasteiger partial charge < -0.3 is 25.0 Å². The number of nitrogens with zero attached hydrogens (tertiary/aromatic N) is 3. The molecule has 1 aliphatic rings. The van der Waals surface area contributed by atoms with Crippen LogP contribution in [0.4, 0.5) is 10.5 Å². The van der Waals surface area contributed by atoms with Gasteiger partial charge in [-0.3, -0.25) is 14.7 Å². The van der Waals surface area contributed by atoms with Crippen molar-refractivity contribution in [2.24, 2.45) is 5.92 Å². The topological polar surface area (TPSA) is 96.0 Å². The largest absolute Gasteiger partial charge is 0.491 e. The lowest BCUT2D eigenvalue weighted by molar-refractivity contribution is 0.00901. The Kier molecular flexibility index (Phi) is 10.1. The Labute approximate surface area is 214 Å². The van der Waals surface area contributed by atoms with E-state index in [0.29, 0.717) is 43.2 Å². The zero-order valence-electron chi connectivity index (χ0n) is 22.0. The fourth-order valence-corrected chi connectivity index (χ4v) is 4.26. The normalized spacial score (nSPS) is 21.5. The molecule has 196 valence electrons. The van der Waals surface area contributed by atoms with Crippen LogP contribution in [-0.2, 0) is 11.3 Å². The second kappa shape index (κ2) is 13.2. The number of urea groups is 1. The first-order chi connectivity index (χ1) is 17.3. The lowest BCUT2D eigenvalue weighted by atomic mass is 10.0. The standard InChI is InChI=1S/C27H39N5O4/c1-6-12-29-27(34)30-21-10-11-23-24(14-21)36-18-20(3)32(16-22-9-7-8-13-28-22)15-19(2)25(35-5)17-31(4)26(23)33/h7-11,13-14,19-20,25H,6,12,15-18H2,1-5H3,(H2,29,30,34)/t19-,20-,25+/m0/s1. The molecule has 2 heterocycles. The van der Waals surface area contributed by atoms with Crippen LogP contribution in [0.2, 0.25) is 0 Å². The highest BCUT2D eigenvalue weighted by atomic mass is 16.5. The van der Waals surface area contributed by atoms with Crippen LogP contribution < -0.4 is 15.4 Å². The zero-order valence-corrected chi connectivity index (χ0v) is 22.0. The van der Waals surface area contributed by atoms with E-state index in [9.17, 15) is 9.59 Å². The molecular formula is C27H39N5O4. The molecule has 9 nitrogen and oxygen atoms in total. The van der Waals surface area contributed by atoms with Gasteiger partial charge in [-0.1, -0.05) is 19.9 Å². The molecule has 0 bridgehead atoms. The Morgan fingerprint density at radius 2 is 2.03 bits per heavy atom. The molecule has 3 amide bonds. The molecule has 0 saturated carbocycles. The summed E-state index contributed by atoms with van der Waals surface area (Å²) in [6.45, 7) is 9.07. The number of methoxy groups -OCH3 is 1. The summed E-state index contributed by atoms with van der Waals surface area (Å²) in [5.74, 6) is 0.454. The molecule has 3 atom stereocenters. The minimum absolute atomic E-state index is 0.0385. The van der Waals surface area contributed by atoms with E-state index in [1.54, 1.807) is 43.5 Å². The Morgan fingerprint density at radius 1 is 1.22 bits per heavy atom. The van der Waals surface area contributed by atoms with E-state index < -0.39 is 0 Å². The number of nitrogens with one attached hydrogen (secondary N) is 2. The number of fused-ring (bicyclic) bond motifs is 1. The summed E-state index contributed by atoms with van der Waals surface area (Å²) in [5.41, 5.74) is 1.99. The third-order valence-electron chi connectivity index (χ3n) is 6.46. The molecule has 0 aliphatic carbocycles. The molecule has 2 N–H and O–H groups in total. The summed E-state index contributed by atoms with van der Waals surface area (Å²) in [5, 5.41) is 5.61. The van der Waals surface area contributed by atoms with E-state index in [2.05, 4.69) is 34.4 Å². The van der Waals surface area contributed by atoms with E-state index in [0.717, 1.165) is 18.7 Å². The maximum absolute atomic E-state index is 13.4. The monoisotopic (exact) mass is 497 g/mol. The van der Waals surface area contributed by atoms with Crippen molar-refractivity contribution < 1.29 is 19.1 Å². The van der Waals surface area contributed by atoms with Crippen molar-refractivity contribution in [1.82, 2.24) is 20.1 Å². The third-order valence-corrected chi connectivity index (χ3v) is 6.46. The number of aromatic nitrogens is 1. The lowest BCUT2D eigenvalue weighted by Gasteiger charge is -2.35.